The zero-order valence-corrected chi connectivity index (χ0v) is 19.0. The van der Waals surface area contributed by atoms with E-state index in [1.165, 1.54) is 6.26 Å². The largest absolute Gasteiger partial charge is 0.455 e. The molecule has 3 saturated carbocycles. The Kier molecular flexibility index (Phi) is 4.37. The molecule has 2 aromatic heterocycles. The lowest BCUT2D eigenvalue weighted by Crippen LogP contribution is -2.76. The van der Waals surface area contributed by atoms with Crippen molar-refractivity contribution in [1.82, 2.24) is 10.3 Å². The molecule has 0 saturated heterocycles. The van der Waals surface area contributed by atoms with Crippen molar-refractivity contribution < 1.29 is 17.6 Å². The predicted octanol–water partition coefficient (Wildman–Crippen LogP) is 4.64. The van der Waals surface area contributed by atoms with Crippen molar-refractivity contribution in [3.8, 4) is 0 Å². The number of aromatic nitrogens is 1. The molecule has 1 atom stereocenters. The normalized spacial score (nSPS) is 26.1. The molecule has 30 heavy (non-hydrogen) atoms. The highest BCUT2D eigenvalue weighted by Gasteiger charge is 2.70. The molecule has 1 aromatic carbocycles. The number of carbonyl (C=O) groups is 1. The summed E-state index contributed by atoms with van der Waals surface area (Å²) in [6.07, 6.45) is 4.14. The van der Waals surface area contributed by atoms with Crippen LogP contribution in [0.25, 0.3) is 10.2 Å². The number of fused-ring (bicyclic) bond motifs is 1. The summed E-state index contributed by atoms with van der Waals surface area (Å²) in [5.41, 5.74) is 0.742. The summed E-state index contributed by atoms with van der Waals surface area (Å²) in [7, 11) is -3.29. The van der Waals surface area contributed by atoms with E-state index < -0.39 is 15.1 Å². The molecule has 0 aliphatic heterocycles. The monoisotopic (exact) mass is 464 g/mol. The van der Waals surface area contributed by atoms with Gasteiger partial charge in [0.05, 0.1) is 10.2 Å². The summed E-state index contributed by atoms with van der Waals surface area (Å²) < 4.78 is 30.6. The van der Waals surface area contributed by atoms with Crippen molar-refractivity contribution in [2.45, 2.75) is 48.8 Å². The standard InChI is InChI=1S/C21H21ClN2O4S2/c1-3-17(30(2,26)27)14-5-6-15(28-14)18(25)24-21-9-20(10-21,11-21)19-23-13-8-12(22)4-7-16(13)29-19/h4-8,17H,3,9-11H2,1-2H3,(H,24,25). The minimum atomic E-state index is -3.29. The molecule has 3 aromatic rings. The van der Waals surface area contributed by atoms with E-state index in [1.807, 2.05) is 18.2 Å². The number of carbonyl (C=O) groups excluding carboxylic acids is 1. The van der Waals surface area contributed by atoms with E-state index in [0.717, 1.165) is 34.5 Å². The van der Waals surface area contributed by atoms with E-state index in [2.05, 4.69) is 5.32 Å². The minimum absolute atomic E-state index is 0.0430. The van der Waals surface area contributed by atoms with Crippen LogP contribution >= 0.6 is 22.9 Å². The Bertz CT molecular complexity index is 1260. The Morgan fingerprint density at radius 3 is 2.70 bits per heavy atom. The summed E-state index contributed by atoms with van der Waals surface area (Å²) in [6.45, 7) is 1.78. The van der Waals surface area contributed by atoms with Gasteiger partial charge in [0.25, 0.3) is 5.91 Å². The average molecular weight is 465 g/mol. The van der Waals surface area contributed by atoms with Crippen molar-refractivity contribution in [2.24, 2.45) is 0 Å². The highest BCUT2D eigenvalue weighted by atomic mass is 35.5. The minimum Gasteiger partial charge on any atom is -0.455 e. The summed E-state index contributed by atoms with van der Waals surface area (Å²) >= 11 is 7.76. The highest BCUT2D eigenvalue weighted by Crippen LogP contribution is 2.68. The van der Waals surface area contributed by atoms with Gasteiger partial charge in [0.15, 0.2) is 15.6 Å². The highest BCUT2D eigenvalue weighted by molar-refractivity contribution is 7.90. The lowest BCUT2D eigenvalue weighted by atomic mass is 9.39. The molecule has 3 fully saturated rings. The average Bonchev–Trinajstić information content (AvgIpc) is 3.22. The molecule has 9 heteroatoms. The number of halogens is 1. The molecule has 1 unspecified atom stereocenters. The van der Waals surface area contributed by atoms with Gasteiger partial charge < -0.3 is 9.73 Å². The SMILES string of the molecule is CCC(c1ccc(C(=O)NC23CC(c4nc5cc(Cl)ccc5s4)(C2)C3)o1)S(C)(=O)=O. The number of hydrogen-bond acceptors (Lipinski definition) is 6. The van der Waals surface area contributed by atoms with Crippen LogP contribution in [-0.2, 0) is 15.3 Å². The molecule has 158 valence electrons. The Balaban J connectivity index is 1.27. The van der Waals surface area contributed by atoms with Crippen LogP contribution in [0, 0.1) is 0 Å². The molecule has 6 rings (SSSR count). The first-order valence-corrected chi connectivity index (χ1v) is 13.0. The number of benzene rings is 1. The molecule has 3 aliphatic rings. The zero-order valence-electron chi connectivity index (χ0n) is 16.6. The molecule has 1 N–H and O–H groups in total. The van der Waals surface area contributed by atoms with E-state index in [4.69, 9.17) is 21.0 Å². The van der Waals surface area contributed by atoms with E-state index in [9.17, 15) is 13.2 Å². The van der Waals surface area contributed by atoms with Crippen molar-refractivity contribution >= 4 is 48.9 Å². The van der Waals surface area contributed by atoms with Crippen molar-refractivity contribution in [3.63, 3.8) is 0 Å². The first kappa shape index (κ1) is 20.0. The number of sulfone groups is 1. The van der Waals surface area contributed by atoms with E-state index in [1.54, 1.807) is 30.4 Å². The summed E-state index contributed by atoms with van der Waals surface area (Å²) in [5.74, 6) is 0.168. The second-order valence-electron chi connectivity index (χ2n) is 8.60. The van der Waals surface area contributed by atoms with Gasteiger partial charge in [-0.2, -0.15) is 0 Å². The van der Waals surface area contributed by atoms with E-state index in [-0.39, 0.29) is 22.6 Å². The van der Waals surface area contributed by atoms with Crippen LogP contribution in [0.15, 0.2) is 34.7 Å². The van der Waals surface area contributed by atoms with Gasteiger partial charge in [0.1, 0.15) is 16.0 Å². The quantitative estimate of drug-likeness (QED) is 0.573. The van der Waals surface area contributed by atoms with E-state index >= 15 is 0 Å². The van der Waals surface area contributed by atoms with Crippen LogP contribution in [0.1, 0.15) is 59.2 Å². The lowest BCUT2D eigenvalue weighted by molar-refractivity contribution is -0.0811. The Morgan fingerprint density at radius 1 is 1.30 bits per heavy atom. The fraction of sp³-hybridized carbons (Fsp3) is 0.429. The second-order valence-corrected chi connectivity index (χ2v) is 12.3. The Labute approximate surface area is 183 Å². The van der Waals surface area contributed by atoms with Crippen molar-refractivity contribution in [1.29, 1.82) is 0 Å². The maximum Gasteiger partial charge on any atom is 0.287 e. The first-order chi connectivity index (χ1) is 14.1. The topological polar surface area (TPSA) is 89.3 Å². The number of rotatable bonds is 6. The summed E-state index contributed by atoms with van der Waals surface area (Å²) in [4.78, 5) is 17.5. The number of nitrogens with zero attached hydrogens (tertiary/aromatic N) is 1. The molecule has 0 radical (unpaired) electrons. The number of hydrogen-bond donors (Lipinski definition) is 1. The van der Waals surface area contributed by atoms with Crippen LogP contribution < -0.4 is 5.32 Å². The van der Waals surface area contributed by atoms with Gasteiger partial charge in [-0.25, -0.2) is 13.4 Å². The Morgan fingerprint density at radius 2 is 2.03 bits per heavy atom. The van der Waals surface area contributed by atoms with Crippen LogP contribution in [0.4, 0.5) is 0 Å². The maximum atomic E-state index is 12.7. The smallest absolute Gasteiger partial charge is 0.287 e. The predicted molar refractivity (Wildman–Crippen MR) is 117 cm³/mol. The van der Waals surface area contributed by atoms with Crippen LogP contribution in [-0.4, -0.2) is 31.1 Å². The molecule has 1 amide bonds. The molecule has 2 heterocycles. The number of nitrogens with one attached hydrogen (secondary N) is 1. The second kappa shape index (κ2) is 6.55. The third-order valence-electron chi connectivity index (χ3n) is 6.27. The van der Waals surface area contributed by atoms with Crippen molar-refractivity contribution in [3.05, 3.63) is 51.9 Å². The number of furan rings is 1. The third kappa shape index (κ3) is 3.08. The third-order valence-corrected chi connectivity index (χ3v) is 9.39. The fourth-order valence-corrected chi connectivity index (χ4v) is 7.39. The fourth-order valence-electron chi connectivity index (χ4n) is 4.94. The molecule has 0 spiro atoms. The zero-order chi connectivity index (χ0) is 21.3. The van der Waals surface area contributed by atoms with Gasteiger partial charge in [-0.05, 0) is 56.0 Å². The molecule has 6 nitrogen and oxygen atoms in total. The Hall–Kier alpha value is -1.90. The summed E-state index contributed by atoms with van der Waals surface area (Å²) in [5, 5.41) is 4.15. The molecule has 3 aliphatic carbocycles. The number of thiazole rings is 1. The van der Waals surface area contributed by atoms with Gasteiger partial charge in [0, 0.05) is 22.2 Å². The van der Waals surface area contributed by atoms with Crippen LogP contribution in [0.3, 0.4) is 0 Å². The van der Waals surface area contributed by atoms with Gasteiger partial charge in [-0.3, -0.25) is 4.79 Å². The molecule has 2 bridgehead atoms. The van der Waals surface area contributed by atoms with Gasteiger partial charge >= 0.3 is 0 Å². The molecular weight excluding hydrogens is 444 g/mol. The van der Waals surface area contributed by atoms with Gasteiger partial charge in [0.2, 0.25) is 0 Å². The number of amides is 1. The first-order valence-electron chi connectivity index (χ1n) is 9.81. The molecular formula is C21H21ClN2O4S2. The van der Waals surface area contributed by atoms with Crippen molar-refractivity contribution in [2.75, 3.05) is 6.26 Å². The van der Waals surface area contributed by atoms with E-state index in [0.29, 0.717) is 17.2 Å². The van der Waals surface area contributed by atoms with Gasteiger partial charge in [-0.1, -0.05) is 18.5 Å². The maximum absolute atomic E-state index is 12.7. The van der Waals surface area contributed by atoms with Gasteiger partial charge in [-0.15, -0.1) is 11.3 Å². The lowest BCUT2D eigenvalue weighted by Gasteiger charge is -2.69. The summed E-state index contributed by atoms with van der Waals surface area (Å²) in [6, 6.07) is 8.89. The van der Waals surface area contributed by atoms with Crippen LogP contribution in [0.2, 0.25) is 5.02 Å². The van der Waals surface area contributed by atoms with Crippen LogP contribution in [0.5, 0.6) is 0 Å².